The number of hydrazine groups is 1. The molecular formula is C8H19N3O. The molecule has 0 amide bonds. The number of rotatable bonds is 3. The number of ether oxygens (including phenoxy) is 1. The number of nitrogens with two attached hydrogens (primary N) is 1. The number of nitrogens with one attached hydrogen (secondary N) is 1. The lowest BCUT2D eigenvalue weighted by atomic mass is 10.2. The van der Waals surface area contributed by atoms with Gasteiger partial charge in [-0.05, 0) is 27.7 Å². The number of hydrogen-bond acceptors (Lipinski definition) is 3. The molecule has 0 aliphatic carbocycles. The predicted octanol–water partition coefficient (Wildman–Crippen LogP) is 0.683. The minimum Gasteiger partial charge on any atom is -0.368 e. The van der Waals surface area contributed by atoms with Gasteiger partial charge in [0.1, 0.15) is 12.4 Å². The van der Waals surface area contributed by atoms with Crippen molar-refractivity contribution in [1.82, 2.24) is 5.43 Å². The van der Waals surface area contributed by atoms with Gasteiger partial charge < -0.3 is 10.2 Å². The van der Waals surface area contributed by atoms with E-state index in [4.69, 9.17) is 10.6 Å². The van der Waals surface area contributed by atoms with Gasteiger partial charge in [0.2, 0.25) is 0 Å². The second-order valence-corrected chi connectivity index (χ2v) is 3.47. The van der Waals surface area contributed by atoms with E-state index in [9.17, 15) is 0 Å². The second-order valence-electron chi connectivity index (χ2n) is 3.47. The molecular weight excluding hydrogens is 154 g/mol. The summed E-state index contributed by atoms with van der Waals surface area (Å²) >= 11 is 0. The molecule has 0 heterocycles. The molecule has 0 aromatic heterocycles. The van der Waals surface area contributed by atoms with E-state index in [1.54, 1.807) is 0 Å². The normalized spacial score (nSPS) is 13.2. The molecule has 4 heteroatoms. The van der Waals surface area contributed by atoms with E-state index < -0.39 is 0 Å². The first-order chi connectivity index (χ1) is 5.49. The van der Waals surface area contributed by atoms with Crippen LogP contribution < -0.4 is 11.3 Å². The zero-order valence-corrected chi connectivity index (χ0v) is 8.35. The van der Waals surface area contributed by atoms with Crippen molar-refractivity contribution in [3.8, 4) is 0 Å². The van der Waals surface area contributed by atoms with Gasteiger partial charge >= 0.3 is 0 Å². The molecule has 0 saturated heterocycles. The van der Waals surface area contributed by atoms with Crippen molar-refractivity contribution in [2.45, 2.75) is 33.3 Å². The minimum atomic E-state index is -0.147. The first-order valence-corrected chi connectivity index (χ1v) is 4.13. The zero-order valence-electron chi connectivity index (χ0n) is 8.35. The zero-order chi connectivity index (χ0) is 9.61. The largest absolute Gasteiger partial charge is 0.368 e. The van der Waals surface area contributed by atoms with Gasteiger partial charge in [-0.1, -0.05) is 0 Å². The molecule has 0 saturated carbocycles. The molecule has 4 nitrogen and oxygen atoms in total. The molecule has 0 bridgehead atoms. The fourth-order valence-electron chi connectivity index (χ4n) is 0.609. The highest BCUT2D eigenvalue weighted by molar-refractivity contribution is 5.82. The summed E-state index contributed by atoms with van der Waals surface area (Å²) in [5.41, 5.74) is 2.35. The third-order valence-electron chi connectivity index (χ3n) is 1.16. The molecule has 0 atom stereocenters. The number of hydrogen-bond donors (Lipinski definition) is 2. The fourth-order valence-corrected chi connectivity index (χ4v) is 0.609. The van der Waals surface area contributed by atoms with Gasteiger partial charge in [-0.2, -0.15) is 0 Å². The lowest BCUT2D eigenvalue weighted by molar-refractivity contribution is 0.0202. The van der Waals surface area contributed by atoms with Crippen LogP contribution in [-0.2, 0) is 4.74 Å². The van der Waals surface area contributed by atoms with Crippen LogP contribution in [-0.4, -0.2) is 24.6 Å². The van der Waals surface area contributed by atoms with Crippen LogP contribution in [0.2, 0.25) is 0 Å². The van der Waals surface area contributed by atoms with E-state index in [1.807, 2.05) is 27.7 Å². The number of amidine groups is 1. The topological polar surface area (TPSA) is 59.6 Å². The summed E-state index contributed by atoms with van der Waals surface area (Å²) in [5, 5.41) is 0. The monoisotopic (exact) mass is 173 g/mol. The summed E-state index contributed by atoms with van der Waals surface area (Å²) in [6.45, 7) is 9.09. The minimum absolute atomic E-state index is 0.147. The molecule has 0 aliphatic rings. The number of aliphatic imine (C=N–C) groups is 1. The van der Waals surface area contributed by atoms with Crippen LogP contribution in [0.1, 0.15) is 27.7 Å². The van der Waals surface area contributed by atoms with Crippen LogP contribution in [0.25, 0.3) is 0 Å². The van der Waals surface area contributed by atoms with Crippen molar-refractivity contribution in [3.63, 3.8) is 0 Å². The SMILES string of the molecule is CCN=C(COC(C)(C)C)NN. The Hall–Kier alpha value is -0.610. The van der Waals surface area contributed by atoms with Crippen LogP contribution in [0.4, 0.5) is 0 Å². The summed E-state index contributed by atoms with van der Waals surface area (Å²) in [7, 11) is 0. The van der Waals surface area contributed by atoms with Crippen LogP contribution in [0.15, 0.2) is 4.99 Å². The van der Waals surface area contributed by atoms with Gasteiger partial charge in [-0.3, -0.25) is 4.99 Å². The molecule has 0 aromatic carbocycles. The van der Waals surface area contributed by atoms with Crippen molar-refractivity contribution in [1.29, 1.82) is 0 Å². The smallest absolute Gasteiger partial charge is 0.137 e. The second kappa shape index (κ2) is 5.11. The van der Waals surface area contributed by atoms with Crippen molar-refractivity contribution < 1.29 is 4.74 Å². The third kappa shape index (κ3) is 6.12. The molecule has 0 aliphatic heterocycles. The van der Waals surface area contributed by atoms with E-state index in [-0.39, 0.29) is 5.60 Å². The van der Waals surface area contributed by atoms with Crippen molar-refractivity contribution in [2.24, 2.45) is 10.8 Å². The first-order valence-electron chi connectivity index (χ1n) is 4.13. The molecule has 0 unspecified atom stereocenters. The first kappa shape index (κ1) is 11.4. The molecule has 0 fully saturated rings. The summed E-state index contributed by atoms with van der Waals surface area (Å²) in [4.78, 5) is 4.10. The molecule has 0 rings (SSSR count). The Morgan fingerprint density at radius 3 is 2.42 bits per heavy atom. The lowest BCUT2D eigenvalue weighted by Gasteiger charge is -2.19. The average molecular weight is 173 g/mol. The predicted molar refractivity (Wildman–Crippen MR) is 51.0 cm³/mol. The summed E-state index contributed by atoms with van der Waals surface area (Å²) in [6, 6.07) is 0. The summed E-state index contributed by atoms with van der Waals surface area (Å²) in [6.07, 6.45) is 0. The van der Waals surface area contributed by atoms with E-state index in [1.165, 1.54) is 0 Å². The lowest BCUT2D eigenvalue weighted by Crippen LogP contribution is -2.36. The van der Waals surface area contributed by atoms with Crippen LogP contribution in [0.5, 0.6) is 0 Å². The van der Waals surface area contributed by atoms with Crippen molar-refractivity contribution >= 4 is 5.84 Å². The van der Waals surface area contributed by atoms with Crippen LogP contribution in [0, 0.1) is 0 Å². The molecule has 12 heavy (non-hydrogen) atoms. The Morgan fingerprint density at radius 1 is 1.50 bits per heavy atom. The van der Waals surface area contributed by atoms with E-state index in [0.717, 1.165) is 0 Å². The van der Waals surface area contributed by atoms with Gasteiger partial charge in [-0.15, -0.1) is 0 Å². The van der Waals surface area contributed by atoms with Crippen LogP contribution >= 0.6 is 0 Å². The van der Waals surface area contributed by atoms with Crippen molar-refractivity contribution in [2.75, 3.05) is 13.2 Å². The fraction of sp³-hybridized carbons (Fsp3) is 0.875. The highest BCUT2D eigenvalue weighted by Gasteiger charge is 2.10. The van der Waals surface area contributed by atoms with Crippen LogP contribution in [0.3, 0.4) is 0 Å². The van der Waals surface area contributed by atoms with E-state index >= 15 is 0 Å². The molecule has 0 radical (unpaired) electrons. The van der Waals surface area contributed by atoms with E-state index in [0.29, 0.717) is 19.0 Å². The van der Waals surface area contributed by atoms with Gasteiger partial charge in [0.05, 0.1) is 5.60 Å². The maximum absolute atomic E-state index is 5.46. The van der Waals surface area contributed by atoms with Gasteiger partial charge in [0.25, 0.3) is 0 Å². The summed E-state index contributed by atoms with van der Waals surface area (Å²) in [5.74, 6) is 5.91. The Morgan fingerprint density at radius 2 is 2.08 bits per heavy atom. The Bertz CT molecular complexity index is 149. The maximum Gasteiger partial charge on any atom is 0.137 e. The Labute approximate surface area is 74.2 Å². The van der Waals surface area contributed by atoms with Gasteiger partial charge in [0, 0.05) is 6.54 Å². The standard InChI is InChI=1S/C8H19N3O/c1-5-10-7(11-9)6-12-8(2,3)4/h5-6,9H2,1-4H3,(H,10,11). The van der Waals surface area contributed by atoms with Gasteiger partial charge in [-0.25, -0.2) is 5.84 Å². The quantitative estimate of drug-likeness (QED) is 0.285. The maximum atomic E-state index is 5.46. The number of nitrogens with zero attached hydrogens (tertiary/aromatic N) is 1. The Balaban J connectivity index is 3.81. The molecule has 0 aromatic rings. The molecule has 3 N–H and O–H groups in total. The average Bonchev–Trinajstić information content (AvgIpc) is 1.96. The third-order valence-corrected chi connectivity index (χ3v) is 1.16. The van der Waals surface area contributed by atoms with E-state index in [2.05, 4.69) is 10.4 Å². The highest BCUT2D eigenvalue weighted by Crippen LogP contribution is 2.05. The summed E-state index contributed by atoms with van der Waals surface area (Å²) < 4.78 is 5.46. The highest BCUT2D eigenvalue weighted by atomic mass is 16.5. The Kier molecular flexibility index (Phi) is 4.85. The van der Waals surface area contributed by atoms with Gasteiger partial charge in [0.15, 0.2) is 0 Å². The molecule has 72 valence electrons. The molecule has 0 spiro atoms. The van der Waals surface area contributed by atoms with Crippen molar-refractivity contribution in [3.05, 3.63) is 0 Å².